The first-order valence-electron chi connectivity index (χ1n) is 5.87. The van der Waals surface area contributed by atoms with Crippen LogP contribution in [0, 0.1) is 17.8 Å². The fraction of sp³-hybridized carbons (Fsp3) is 1.00. The number of rotatable bonds is 7. The predicted octanol–water partition coefficient (Wildman–Crippen LogP) is 3.19. The number of hydrogen-bond donors (Lipinski definition) is 2. The molecular formula is C11H25O4P. The predicted molar refractivity (Wildman–Crippen MR) is 65.0 cm³/mol. The summed E-state index contributed by atoms with van der Waals surface area (Å²) in [4.78, 5) is 17.3. The molecule has 2 N–H and O–H groups in total. The van der Waals surface area contributed by atoms with E-state index in [4.69, 9.17) is 9.79 Å². The van der Waals surface area contributed by atoms with E-state index in [1.807, 2.05) is 0 Å². The fourth-order valence-corrected chi connectivity index (χ4v) is 2.72. The Morgan fingerprint density at radius 1 is 1.00 bits per heavy atom. The van der Waals surface area contributed by atoms with Gasteiger partial charge in [-0.2, -0.15) is 0 Å². The van der Waals surface area contributed by atoms with Crippen LogP contribution in [0.2, 0.25) is 0 Å². The first-order valence-corrected chi connectivity index (χ1v) is 7.40. The van der Waals surface area contributed by atoms with Crippen LogP contribution >= 0.6 is 7.82 Å². The van der Waals surface area contributed by atoms with Gasteiger partial charge in [0.2, 0.25) is 0 Å². The van der Waals surface area contributed by atoms with Crippen molar-refractivity contribution in [2.75, 3.05) is 0 Å². The minimum Gasteiger partial charge on any atom is -0.303 e. The lowest BCUT2D eigenvalue weighted by Crippen LogP contribution is -2.18. The van der Waals surface area contributed by atoms with E-state index in [0.29, 0.717) is 24.2 Å². The molecule has 0 radical (unpaired) electrons. The lowest BCUT2D eigenvalue weighted by atomic mass is 9.82. The van der Waals surface area contributed by atoms with E-state index in [0.717, 1.165) is 6.42 Å². The molecule has 0 aliphatic heterocycles. The van der Waals surface area contributed by atoms with Crippen LogP contribution in [0.25, 0.3) is 0 Å². The van der Waals surface area contributed by atoms with Gasteiger partial charge in [-0.05, 0) is 37.5 Å². The minimum atomic E-state index is -4.33. The molecule has 1 unspecified atom stereocenters. The monoisotopic (exact) mass is 252 g/mol. The van der Waals surface area contributed by atoms with Crippen molar-refractivity contribution < 1.29 is 18.9 Å². The largest absolute Gasteiger partial charge is 0.469 e. The van der Waals surface area contributed by atoms with E-state index >= 15 is 0 Å². The highest BCUT2D eigenvalue weighted by Crippen LogP contribution is 2.39. The van der Waals surface area contributed by atoms with Gasteiger partial charge in [-0.3, -0.25) is 4.52 Å². The van der Waals surface area contributed by atoms with Crippen LogP contribution in [-0.2, 0) is 9.09 Å². The third-order valence-corrected chi connectivity index (χ3v) is 3.57. The maximum atomic E-state index is 10.6. The fourth-order valence-electron chi connectivity index (χ4n) is 2.15. The van der Waals surface area contributed by atoms with E-state index in [-0.39, 0.29) is 6.10 Å². The Morgan fingerprint density at radius 2 is 1.44 bits per heavy atom. The third kappa shape index (κ3) is 7.39. The Bertz CT molecular complexity index is 226. The molecule has 0 saturated carbocycles. The maximum absolute atomic E-state index is 10.6. The molecule has 0 bridgehead atoms. The Labute approximate surface area is 98.6 Å². The molecule has 0 aliphatic rings. The SMILES string of the molecule is CC(CCC(C(C)C)C(C)C)OP(=O)(O)O. The van der Waals surface area contributed by atoms with Crippen molar-refractivity contribution >= 4 is 7.82 Å². The van der Waals surface area contributed by atoms with Gasteiger partial charge in [0.25, 0.3) is 0 Å². The third-order valence-electron chi connectivity index (χ3n) is 2.94. The molecule has 0 amide bonds. The van der Waals surface area contributed by atoms with Crippen molar-refractivity contribution in [2.45, 2.75) is 53.6 Å². The number of phosphoric ester groups is 1. The van der Waals surface area contributed by atoms with Crippen molar-refractivity contribution in [1.82, 2.24) is 0 Å². The van der Waals surface area contributed by atoms with Gasteiger partial charge >= 0.3 is 7.82 Å². The van der Waals surface area contributed by atoms with Gasteiger partial charge in [0, 0.05) is 0 Å². The zero-order valence-electron chi connectivity index (χ0n) is 10.9. The summed E-state index contributed by atoms with van der Waals surface area (Å²) >= 11 is 0. The van der Waals surface area contributed by atoms with Crippen LogP contribution in [0.1, 0.15) is 47.5 Å². The van der Waals surface area contributed by atoms with E-state index in [2.05, 4.69) is 32.2 Å². The summed E-state index contributed by atoms with van der Waals surface area (Å²) in [7, 11) is -4.33. The summed E-state index contributed by atoms with van der Waals surface area (Å²) < 4.78 is 15.2. The van der Waals surface area contributed by atoms with Gasteiger partial charge in [-0.1, -0.05) is 27.7 Å². The second-order valence-electron chi connectivity index (χ2n) is 5.14. The molecule has 0 aliphatic carbocycles. The van der Waals surface area contributed by atoms with E-state index in [1.165, 1.54) is 0 Å². The molecular weight excluding hydrogens is 227 g/mol. The molecule has 0 aromatic heterocycles. The van der Waals surface area contributed by atoms with Crippen LogP contribution in [0.5, 0.6) is 0 Å². The topological polar surface area (TPSA) is 66.8 Å². The van der Waals surface area contributed by atoms with E-state index < -0.39 is 7.82 Å². The van der Waals surface area contributed by atoms with Gasteiger partial charge in [-0.15, -0.1) is 0 Å². The summed E-state index contributed by atoms with van der Waals surface area (Å²) in [6, 6.07) is 0. The van der Waals surface area contributed by atoms with Gasteiger partial charge in [0.05, 0.1) is 6.10 Å². The van der Waals surface area contributed by atoms with E-state index in [9.17, 15) is 4.57 Å². The maximum Gasteiger partial charge on any atom is 0.469 e. The van der Waals surface area contributed by atoms with Crippen molar-refractivity contribution in [3.63, 3.8) is 0 Å². The number of hydrogen-bond acceptors (Lipinski definition) is 2. The first kappa shape index (κ1) is 16.1. The van der Waals surface area contributed by atoms with Crippen LogP contribution in [0.3, 0.4) is 0 Å². The molecule has 0 rings (SSSR count). The second-order valence-corrected chi connectivity index (χ2v) is 6.33. The lowest BCUT2D eigenvalue weighted by Gasteiger charge is -2.26. The standard InChI is InChI=1S/C11H25O4P/c1-8(2)11(9(3)4)7-6-10(5)15-16(12,13)14/h8-11H,6-7H2,1-5H3,(H2,12,13,14). The average molecular weight is 252 g/mol. The zero-order chi connectivity index (χ0) is 12.9. The molecule has 0 fully saturated rings. The Morgan fingerprint density at radius 3 is 1.75 bits per heavy atom. The summed E-state index contributed by atoms with van der Waals surface area (Å²) in [6.45, 7) is 10.4. The van der Waals surface area contributed by atoms with Crippen molar-refractivity contribution in [3.05, 3.63) is 0 Å². The number of phosphoric acid groups is 1. The first-order chi connectivity index (χ1) is 7.13. The minimum absolute atomic E-state index is 0.388. The summed E-state index contributed by atoms with van der Waals surface area (Å²) in [5.74, 6) is 1.74. The highest BCUT2D eigenvalue weighted by atomic mass is 31.2. The van der Waals surface area contributed by atoms with Crippen LogP contribution in [0.15, 0.2) is 0 Å². The summed E-state index contributed by atoms with van der Waals surface area (Å²) in [5.41, 5.74) is 0. The Hall–Kier alpha value is 0.110. The molecule has 5 heteroatoms. The Kier molecular flexibility index (Phi) is 6.80. The van der Waals surface area contributed by atoms with Gasteiger partial charge < -0.3 is 9.79 Å². The van der Waals surface area contributed by atoms with Crippen LogP contribution in [-0.4, -0.2) is 15.9 Å². The zero-order valence-corrected chi connectivity index (χ0v) is 11.8. The molecule has 0 heterocycles. The molecule has 0 saturated heterocycles. The normalized spacial score (nSPS) is 15.1. The second kappa shape index (κ2) is 6.75. The van der Waals surface area contributed by atoms with Crippen molar-refractivity contribution in [2.24, 2.45) is 17.8 Å². The molecule has 0 aromatic rings. The smallest absolute Gasteiger partial charge is 0.303 e. The van der Waals surface area contributed by atoms with Crippen molar-refractivity contribution in [3.8, 4) is 0 Å². The average Bonchev–Trinajstić information content (AvgIpc) is 1.98. The molecule has 4 nitrogen and oxygen atoms in total. The quantitative estimate of drug-likeness (QED) is 0.683. The van der Waals surface area contributed by atoms with E-state index in [1.54, 1.807) is 6.92 Å². The summed E-state index contributed by atoms with van der Waals surface area (Å²) in [6.07, 6.45) is 1.24. The lowest BCUT2D eigenvalue weighted by molar-refractivity contribution is 0.125. The van der Waals surface area contributed by atoms with Crippen LogP contribution in [0.4, 0.5) is 0 Å². The molecule has 1 atom stereocenters. The molecule has 0 spiro atoms. The molecule has 16 heavy (non-hydrogen) atoms. The van der Waals surface area contributed by atoms with Crippen molar-refractivity contribution in [1.29, 1.82) is 0 Å². The van der Waals surface area contributed by atoms with Gasteiger partial charge in [0.1, 0.15) is 0 Å². The van der Waals surface area contributed by atoms with Gasteiger partial charge in [-0.25, -0.2) is 4.57 Å². The highest BCUT2D eigenvalue weighted by Gasteiger charge is 2.22. The highest BCUT2D eigenvalue weighted by molar-refractivity contribution is 7.46. The molecule has 98 valence electrons. The molecule has 0 aromatic carbocycles. The Balaban J connectivity index is 4.07. The summed E-state index contributed by atoms with van der Waals surface area (Å²) in [5, 5.41) is 0. The van der Waals surface area contributed by atoms with Gasteiger partial charge in [0.15, 0.2) is 0 Å². The van der Waals surface area contributed by atoms with Crippen LogP contribution < -0.4 is 0 Å².